The van der Waals surface area contributed by atoms with E-state index >= 15 is 0 Å². The number of fused-ring (bicyclic) bond motifs is 1. The van der Waals surface area contributed by atoms with Gasteiger partial charge in [-0.05, 0) is 40.2 Å². The van der Waals surface area contributed by atoms with E-state index in [1.165, 1.54) is 0 Å². The molecule has 0 atom stereocenters. The van der Waals surface area contributed by atoms with Crippen LogP contribution in [0.5, 0.6) is 0 Å². The summed E-state index contributed by atoms with van der Waals surface area (Å²) in [5.41, 5.74) is 1.72. The standard InChI is InChI=1S/C17H12BrClN2O3/c18-12-6-5-9(7-13(12)19)20-15(22)8-11-10-3-1-2-4-14(10)21-16(11)17(23)24/h1-7,21H,8H2,(H,20,22)(H,23,24). The minimum absolute atomic E-state index is 0.0280. The fraction of sp³-hybridized carbons (Fsp3) is 0.0588. The molecule has 0 bridgehead atoms. The number of aromatic amines is 1. The number of nitrogens with one attached hydrogen (secondary N) is 2. The molecule has 1 aromatic heterocycles. The van der Waals surface area contributed by atoms with Gasteiger partial charge in [-0.2, -0.15) is 0 Å². The topological polar surface area (TPSA) is 82.2 Å². The normalized spacial score (nSPS) is 10.8. The zero-order chi connectivity index (χ0) is 17.3. The fourth-order valence-electron chi connectivity index (χ4n) is 2.51. The van der Waals surface area contributed by atoms with Crippen molar-refractivity contribution in [3.05, 3.63) is 63.2 Å². The highest BCUT2D eigenvalue weighted by Gasteiger charge is 2.19. The maximum absolute atomic E-state index is 12.3. The number of carbonyl (C=O) groups is 2. The van der Waals surface area contributed by atoms with Crippen molar-refractivity contribution in [2.24, 2.45) is 0 Å². The fourth-order valence-corrected chi connectivity index (χ4v) is 2.93. The summed E-state index contributed by atoms with van der Waals surface area (Å²) >= 11 is 9.29. The molecule has 3 aromatic rings. The molecule has 122 valence electrons. The Morgan fingerprint density at radius 3 is 2.67 bits per heavy atom. The van der Waals surface area contributed by atoms with Gasteiger partial charge in [0.05, 0.1) is 11.4 Å². The van der Waals surface area contributed by atoms with E-state index in [2.05, 4.69) is 26.2 Å². The third kappa shape index (κ3) is 3.29. The van der Waals surface area contributed by atoms with E-state index in [9.17, 15) is 14.7 Å². The van der Waals surface area contributed by atoms with Crippen LogP contribution < -0.4 is 5.32 Å². The zero-order valence-electron chi connectivity index (χ0n) is 12.3. The van der Waals surface area contributed by atoms with Gasteiger partial charge in [0.1, 0.15) is 5.69 Å². The lowest BCUT2D eigenvalue weighted by atomic mass is 10.1. The molecule has 3 rings (SSSR count). The second-order valence-electron chi connectivity index (χ2n) is 5.18. The number of anilines is 1. The Bertz CT molecular complexity index is 952. The summed E-state index contributed by atoms with van der Waals surface area (Å²) in [5, 5.41) is 13.3. The van der Waals surface area contributed by atoms with Gasteiger partial charge in [0.25, 0.3) is 0 Å². The van der Waals surface area contributed by atoms with Crippen LogP contribution in [-0.2, 0) is 11.2 Å². The van der Waals surface area contributed by atoms with E-state index in [4.69, 9.17) is 11.6 Å². The summed E-state index contributed by atoms with van der Waals surface area (Å²) in [6.07, 6.45) is -0.0562. The van der Waals surface area contributed by atoms with E-state index in [0.717, 1.165) is 9.86 Å². The summed E-state index contributed by atoms with van der Waals surface area (Å²) in [6.45, 7) is 0. The zero-order valence-corrected chi connectivity index (χ0v) is 14.6. The molecule has 0 saturated carbocycles. The van der Waals surface area contributed by atoms with Crippen molar-refractivity contribution >= 4 is 56.0 Å². The molecule has 0 aliphatic carbocycles. The molecule has 7 heteroatoms. The maximum Gasteiger partial charge on any atom is 0.352 e. The highest BCUT2D eigenvalue weighted by molar-refractivity contribution is 9.10. The van der Waals surface area contributed by atoms with Crippen LogP contribution in [0, 0.1) is 0 Å². The Morgan fingerprint density at radius 1 is 1.21 bits per heavy atom. The van der Waals surface area contributed by atoms with E-state index in [1.807, 2.05) is 0 Å². The number of halogens is 2. The van der Waals surface area contributed by atoms with Crippen LogP contribution in [0.1, 0.15) is 16.1 Å². The number of para-hydroxylation sites is 1. The molecule has 24 heavy (non-hydrogen) atoms. The van der Waals surface area contributed by atoms with Gasteiger partial charge in [-0.15, -0.1) is 0 Å². The molecule has 5 nitrogen and oxygen atoms in total. The average Bonchev–Trinajstić information content (AvgIpc) is 2.90. The first-order valence-corrected chi connectivity index (χ1v) is 8.20. The van der Waals surface area contributed by atoms with Crippen molar-refractivity contribution in [3.63, 3.8) is 0 Å². The second kappa shape index (κ2) is 6.67. The predicted octanol–water partition coefficient (Wildman–Crippen LogP) is 4.46. The van der Waals surface area contributed by atoms with Crippen molar-refractivity contribution in [1.29, 1.82) is 0 Å². The van der Waals surface area contributed by atoms with Crippen molar-refractivity contribution in [2.45, 2.75) is 6.42 Å². The van der Waals surface area contributed by atoms with Crippen LogP contribution >= 0.6 is 27.5 Å². The number of hydrogen-bond acceptors (Lipinski definition) is 2. The van der Waals surface area contributed by atoms with Crippen molar-refractivity contribution < 1.29 is 14.7 Å². The Balaban J connectivity index is 1.88. The summed E-state index contributed by atoms with van der Waals surface area (Å²) in [4.78, 5) is 26.6. The average molecular weight is 408 g/mol. The van der Waals surface area contributed by atoms with E-state index < -0.39 is 5.97 Å². The summed E-state index contributed by atoms with van der Waals surface area (Å²) < 4.78 is 0.729. The van der Waals surface area contributed by atoms with Gasteiger partial charge in [0.2, 0.25) is 5.91 Å². The number of rotatable bonds is 4. The van der Waals surface area contributed by atoms with Crippen LogP contribution in [0.2, 0.25) is 5.02 Å². The Labute approximate surface area is 150 Å². The van der Waals surface area contributed by atoms with E-state index in [-0.39, 0.29) is 18.0 Å². The third-order valence-corrected chi connectivity index (χ3v) is 4.80. The van der Waals surface area contributed by atoms with Crippen molar-refractivity contribution in [3.8, 4) is 0 Å². The number of carboxylic acids is 1. The molecule has 1 heterocycles. The van der Waals surface area contributed by atoms with E-state index in [1.54, 1.807) is 42.5 Å². The van der Waals surface area contributed by atoms with Gasteiger partial charge in [-0.1, -0.05) is 29.8 Å². The summed E-state index contributed by atoms with van der Waals surface area (Å²) in [7, 11) is 0. The molecular weight excluding hydrogens is 396 g/mol. The monoisotopic (exact) mass is 406 g/mol. The lowest BCUT2D eigenvalue weighted by Crippen LogP contribution is -2.16. The van der Waals surface area contributed by atoms with Crippen molar-refractivity contribution in [2.75, 3.05) is 5.32 Å². The molecule has 1 amide bonds. The Hall–Kier alpha value is -2.31. The lowest BCUT2D eigenvalue weighted by molar-refractivity contribution is -0.115. The first-order valence-electron chi connectivity index (χ1n) is 7.03. The first-order chi connectivity index (χ1) is 11.5. The minimum Gasteiger partial charge on any atom is -0.477 e. The largest absolute Gasteiger partial charge is 0.477 e. The van der Waals surface area contributed by atoms with Crippen LogP contribution in [0.3, 0.4) is 0 Å². The molecule has 2 aromatic carbocycles. The predicted molar refractivity (Wildman–Crippen MR) is 96.7 cm³/mol. The number of carbonyl (C=O) groups excluding carboxylic acids is 1. The molecule has 0 spiro atoms. The minimum atomic E-state index is -1.10. The molecule has 0 radical (unpaired) electrons. The van der Waals surface area contributed by atoms with Crippen LogP contribution in [-0.4, -0.2) is 22.0 Å². The quantitative estimate of drug-likeness (QED) is 0.597. The summed E-state index contributed by atoms with van der Waals surface area (Å²) in [5.74, 6) is -1.42. The third-order valence-electron chi connectivity index (χ3n) is 3.57. The van der Waals surface area contributed by atoms with Crippen LogP contribution in [0.25, 0.3) is 10.9 Å². The van der Waals surface area contributed by atoms with Gasteiger partial charge >= 0.3 is 5.97 Å². The maximum atomic E-state index is 12.3. The Kier molecular flexibility index (Phi) is 4.59. The molecule has 0 saturated heterocycles. The number of carboxylic acid groups (broad SMARTS) is 1. The van der Waals surface area contributed by atoms with Gasteiger partial charge < -0.3 is 15.4 Å². The molecule has 0 fully saturated rings. The van der Waals surface area contributed by atoms with Crippen LogP contribution in [0.15, 0.2) is 46.9 Å². The SMILES string of the molecule is O=C(Cc1c(C(=O)O)[nH]c2ccccc12)Nc1ccc(Br)c(Cl)c1. The molecular formula is C17H12BrClN2O3. The number of H-pyrrole nitrogens is 1. The number of aromatic carboxylic acids is 1. The molecule has 0 unspecified atom stereocenters. The highest BCUT2D eigenvalue weighted by Crippen LogP contribution is 2.26. The number of amides is 1. The van der Waals surface area contributed by atoms with Gasteiger partial charge in [-0.3, -0.25) is 4.79 Å². The van der Waals surface area contributed by atoms with Gasteiger partial charge in [0.15, 0.2) is 0 Å². The van der Waals surface area contributed by atoms with Crippen molar-refractivity contribution in [1.82, 2.24) is 4.98 Å². The number of hydrogen-bond donors (Lipinski definition) is 3. The highest BCUT2D eigenvalue weighted by atomic mass is 79.9. The molecule has 3 N–H and O–H groups in total. The van der Waals surface area contributed by atoms with Gasteiger partial charge in [0, 0.05) is 26.6 Å². The molecule has 0 aliphatic heterocycles. The number of aromatic nitrogens is 1. The summed E-state index contributed by atoms with van der Waals surface area (Å²) in [6, 6.07) is 12.2. The van der Waals surface area contributed by atoms with E-state index in [0.29, 0.717) is 21.8 Å². The lowest BCUT2D eigenvalue weighted by Gasteiger charge is -2.07. The number of benzene rings is 2. The second-order valence-corrected chi connectivity index (χ2v) is 6.44. The van der Waals surface area contributed by atoms with Gasteiger partial charge in [-0.25, -0.2) is 4.79 Å². The smallest absolute Gasteiger partial charge is 0.352 e. The first kappa shape index (κ1) is 16.5. The Morgan fingerprint density at radius 2 is 1.96 bits per heavy atom. The molecule has 0 aliphatic rings. The van der Waals surface area contributed by atoms with Crippen LogP contribution in [0.4, 0.5) is 5.69 Å².